The molecule has 3 aromatic carbocycles. The van der Waals surface area contributed by atoms with Crippen LogP contribution in [0.2, 0.25) is 0 Å². The lowest BCUT2D eigenvalue weighted by molar-refractivity contribution is -0.124. The molecule has 0 aliphatic heterocycles. The van der Waals surface area contributed by atoms with E-state index < -0.39 is 0 Å². The zero-order valence-corrected chi connectivity index (χ0v) is 15.6. The molecule has 0 spiro atoms. The highest BCUT2D eigenvalue weighted by molar-refractivity contribution is 5.81. The molecule has 0 aromatic heterocycles. The Bertz CT molecular complexity index is 935. The highest BCUT2D eigenvalue weighted by atomic mass is 16.1. The molecule has 0 saturated carbocycles. The van der Waals surface area contributed by atoms with E-state index >= 15 is 0 Å². The van der Waals surface area contributed by atoms with Crippen molar-refractivity contribution in [2.24, 2.45) is 11.7 Å². The lowest BCUT2D eigenvalue weighted by Crippen LogP contribution is -2.45. The van der Waals surface area contributed by atoms with Crippen LogP contribution in [-0.4, -0.2) is 5.91 Å². The van der Waals surface area contributed by atoms with Crippen molar-refractivity contribution in [1.82, 2.24) is 0 Å². The van der Waals surface area contributed by atoms with Crippen molar-refractivity contribution in [2.75, 3.05) is 0 Å². The molecule has 27 heavy (non-hydrogen) atoms. The minimum Gasteiger partial charge on any atom is -0.369 e. The quantitative estimate of drug-likeness (QED) is 0.700. The molecule has 3 aromatic rings. The van der Waals surface area contributed by atoms with Crippen LogP contribution in [0.4, 0.5) is 0 Å². The first kappa shape index (κ1) is 17.5. The summed E-state index contributed by atoms with van der Waals surface area (Å²) in [7, 11) is 0. The number of primary amides is 1. The van der Waals surface area contributed by atoms with Crippen LogP contribution in [0.25, 0.3) is 0 Å². The number of carbonyl (C=O) groups is 1. The summed E-state index contributed by atoms with van der Waals surface area (Å²) in [5, 5.41) is 0. The van der Waals surface area contributed by atoms with E-state index in [1.807, 2.05) is 24.3 Å². The third kappa shape index (κ3) is 2.86. The second-order valence-electron chi connectivity index (χ2n) is 7.57. The topological polar surface area (TPSA) is 43.1 Å². The maximum Gasteiger partial charge on any atom is 0.222 e. The average molecular weight is 355 g/mol. The van der Waals surface area contributed by atoms with Crippen molar-refractivity contribution in [3.63, 3.8) is 0 Å². The molecule has 1 aliphatic carbocycles. The SMILES string of the molecule is CC(c1ccccc1)C(C(N)=O)C1(c2ccccc2)CCc2ccccc21. The minimum atomic E-state index is -0.390. The molecule has 0 fully saturated rings. The first-order valence-corrected chi connectivity index (χ1v) is 9.63. The molecule has 3 unspecified atom stereocenters. The fraction of sp³-hybridized carbons (Fsp3) is 0.240. The van der Waals surface area contributed by atoms with Gasteiger partial charge in [0.2, 0.25) is 5.91 Å². The van der Waals surface area contributed by atoms with Gasteiger partial charge >= 0.3 is 0 Å². The van der Waals surface area contributed by atoms with Crippen LogP contribution in [0, 0.1) is 5.92 Å². The van der Waals surface area contributed by atoms with Crippen LogP contribution in [0.5, 0.6) is 0 Å². The van der Waals surface area contributed by atoms with E-state index in [0.29, 0.717) is 0 Å². The van der Waals surface area contributed by atoms with E-state index in [4.69, 9.17) is 5.73 Å². The van der Waals surface area contributed by atoms with Gasteiger partial charge in [-0.25, -0.2) is 0 Å². The van der Waals surface area contributed by atoms with Gasteiger partial charge < -0.3 is 5.73 Å². The van der Waals surface area contributed by atoms with E-state index in [-0.39, 0.29) is 23.2 Å². The number of benzene rings is 3. The molecular formula is C25H25NO. The first-order valence-electron chi connectivity index (χ1n) is 9.63. The second kappa shape index (κ2) is 7.03. The molecule has 2 heteroatoms. The fourth-order valence-electron chi connectivity index (χ4n) is 5.04. The molecule has 0 radical (unpaired) electrons. The summed E-state index contributed by atoms with van der Waals surface area (Å²) in [6, 6.07) is 29.2. The second-order valence-corrected chi connectivity index (χ2v) is 7.57. The fourth-order valence-corrected chi connectivity index (χ4v) is 5.04. The summed E-state index contributed by atoms with van der Waals surface area (Å²) in [5.74, 6) is -0.520. The Balaban J connectivity index is 1.94. The van der Waals surface area contributed by atoms with Gasteiger partial charge in [0.05, 0.1) is 5.92 Å². The minimum absolute atomic E-state index is 0.0232. The third-order valence-electron chi connectivity index (χ3n) is 6.24. The predicted octanol–water partition coefficient (Wildman–Crippen LogP) is 4.82. The van der Waals surface area contributed by atoms with Gasteiger partial charge in [0.1, 0.15) is 0 Å². The van der Waals surface area contributed by atoms with E-state index in [9.17, 15) is 4.79 Å². The van der Waals surface area contributed by atoms with Gasteiger partial charge in [-0.1, -0.05) is 91.9 Å². The van der Waals surface area contributed by atoms with E-state index in [0.717, 1.165) is 18.4 Å². The number of hydrogen-bond acceptors (Lipinski definition) is 1. The Morgan fingerprint density at radius 2 is 1.48 bits per heavy atom. The van der Waals surface area contributed by atoms with Crippen LogP contribution in [0.15, 0.2) is 84.9 Å². The molecular weight excluding hydrogens is 330 g/mol. The Hall–Kier alpha value is -2.87. The number of nitrogens with two attached hydrogens (primary N) is 1. The number of carbonyl (C=O) groups excluding carboxylic acids is 1. The van der Waals surface area contributed by atoms with Gasteiger partial charge in [-0.05, 0) is 41.0 Å². The van der Waals surface area contributed by atoms with Gasteiger partial charge in [-0.2, -0.15) is 0 Å². The van der Waals surface area contributed by atoms with Crippen molar-refractivity contribution in [2.45, 2.75) is 31.1 Å². The zero-order chi connectivity index (χ0) is 18.9. The molecule has 0 heterocycles. The summed E-state index contributed by atoms with van der Waals surface area (Å²) >= 11 is 0. The van der Waals surface area contributed by atoms with E-state index in [1.54, 1.807) is 0 Å². The first-order chi connectivity index (χ1) is 13.1. The molecule has 0 bridgehead atoms. The van der Waals surface area contributed by atoms with Gasteiger partial charge in [0.25, 0.3) is 0 Å². The maximum atomic E-state index is 12.9. The van der Waals surface area contributed by atoms with Crippen molar-refractivity contribution >= 4 is 5.91 Å². The summed E-state index contributed by atoms with van der Waals surface area (Å²) in [6.45, 7) is 2.14. The number of fused-ring (bicyclic) bond motifs is 1. The summed E-state index contributed by atoms with van der Waals surface area (Å²) in [5.41, 5.74) is 10.6. The van der Waals surface area contributed by atoms with Crippen molar-refractivity contribution in [1.29, 1.82) is 0 Å². The molecule has 0 saturated heterocycles. The van der Waals surface area contributed by atoms with Crippen LogP contribution in [0.3, 0.4) is 0 Å². The smallest absolute Gasteiger partial charge is 0.222 e. The normalized spacial score (nSPS) is 20.6. The van der Waals surface area contributed by atoms with E-state index in [2.05, 4.69) is 67.6 Å². The standard InChI is InChI=1S/C25H25NO/c1-18(19-10-4-2-5-11-19)23(24(26)27)25(21-13-6-3-7-14-21)17-16-20-12-8-9-15-22(20)25/h2-15,18,23H,16-17H2,1H3,(H2,26,27). The molecule has 1 aliphatic rings. The molecule has 1 amide bonds. The van der Waals surface area contributed by atoms with Crippen molar-refractivity contribution < 1.29 is 4.79 Å². The maximum absolute atomic E-state index is 12.9. The number of aryl methyl sites for hydroxylation is 1. The van der Waals surface area contributed by atoms with Gasteiger partial charge in [0.15, 0.2) is 0 Å². The van der Waals surface area contributed by atoms with Crippen LogP contribution >= 0.6 is 0 Å². The highest BCUT2D eigenvalue weighted by Crippen LogP contribution is 2.53. The average Bonchev–Trinajstić information content (AvgIpc) is 3.09. The van der Waals surface area contributed by atoms with Gasteiger partial charge in [-0.15, -0.1) is 0 Å². The predicted molar refractivity (Wildman–Crippen MR) is 110 cm³/mol. The number of hydrogen-bond donors (Lipinski definition) is 1. The lowest BCUT2D eigenvalue weighted by Gasteiger charge is -2.41. The Morgan fingerprint density at radius 1 is 0.889 bits per heavy atom. The molecule has 3 atom stereocenters. The number of amides is 1. The van der Waals surface area contributed by atoms with E-state index in [1.165, 1.54) is 16.7 Å². The summed E-state index contributed by atoms with van der Waals surface area (Å²) < 4.78 is 0. The Kier molecular flexibility index (Phi) is 4.57. The largest absolute Gasteiger partial charge is 0.369 e. The molecule has 2 nitrogen and oxygen atoms in total. The molecule has 4 rings (SSSR count). The summed E-state index contributed by atoms with van der Waals surface area (Å²) in [4.78, 5) is 12.9. The molecule has 136 valence electrons. The Labute approximate surface area is 161 Å². The Morgan fingerprint density at radius 3 is 2.15 bits per heavy atom. The van der Waals surface area contributed by atoms with Crippen LogP contribution in [-0.2, 0) is 16.6 Å². The van der Waals surface area contributed by atoms with Gasteiger partial charge in [0, 0.05) is 5.41 Å². The molecule has 2 N–H and O–H groups in total. The number of rotatable bonds is 5. The highest BCUT2D eigenvalue weighted by Gasteiger charge is 2.50. The zero-order valence-electron chi connectivity index (χ0n) is 15.6. The van der Waals surface area contributed by atoms with Crippen molar-refractivity contribution in [3.8, 4) is 0 Å². The lowest BCUT2D eigenvalue weighted by atomic mass is 9.61. The van der Waals surface area contributed by atoms with Crippen molar-refractivity contribution in [3.05, 3.63) is 107 Å². The summed E-state index contributed by atoms with van der Waals surface area (Å²) in [6.07, 6.45) is 1.87. The van der Waals surface area contributed by atoms with Gasteiger partial charge in [-0.3, -0.25) is 4.79 Å². The third-order valence-corrected chi connectivity index (χ3v) is 6.24. The van der Waals surface area contributed by atoms with Crippen LogP contribution in [0.1, 0.15) is 41.5 Å². The van der Waals surface area contributed by atoms with Crippen LogP contribution < -0.4 is 5.73 Å². The monoisotopic (exact) mass is 355 g/mol.